The zero-order valence-corrected chi connectivity index (χ0v) is 17.2. The molecule has 0 aromatic heterocycles. The molecule has 2 nitrogen and oxygen atoms in total. The Balaban J connectivity index is 1.40. The van der Waals surface area contributed by atoms with Crippen LogP contribution in [0.15, 0.2) is 66.7 Å². The van der Waals surface area contributed by atoms with E-state index in [9.17, 15) is 4.79 Å². The summed E-state index contributed by atoms with van der Waals surface area (Å²) in [5, 5.41) is 2.33. The third-order valence-electron chi connectivity index (χ3n) is 7.11. The minimum Gasteiger partial charge on any atom is -0.294 e. The molecule has 3 aromatic rings. The van der Waals surface area contributed by atoms with E-state index in [0.717, 1.165) is 30.3 Å². The van der Waals surface area contributed by atoms with Crippen LogP contribution in [0.3, 0.4) is 0 Å². The summed E-state index contributed by atoms with van der Waals surface area (Å²) in [6.07, 6.45) is 5.76. The van der Waals surface area contributed by atoms with Crippen LogP contribution in [0.5, 0.6) is 0 Å². The standard InChI is InChI=1S/C27H29NO/c1-19-14-15-26(25-13-6-5-12-24(19)25)27(29)21-16-22-10-7-11-23(17-21)28(22)18-20-8-3-2-4-9-20/h2-6,8-9,12-15,21-23H,7,10-11,16-18H2,1H3. The van der Waals surface area contributed by atoms with Gasteiger partial charge >= 0.3 is 0 Å². The van der Waals surface area contributed by atoms with Crippen molar-refractivity contribution in [1.82, 2.24) is 4.90 Å². The molecule has 2 heterocycles. The van der Waals surface area contributed by atoms with Crippen molar-refractivity contribution in [3.05, 3.63) is 83.4 Å². The zero-order valence-electron chi connectivity index (χ0n) is 17.2. The fourth-order valence-corrected chi connectivity index (χ4v) is 5.63. The van der Waals surface area contributed by atoms with Crippen LogP contribution in [-0.2, 0) is 6.54 Å². The Morgan fingerprint density at radius 1 is 0.862 bits per heavy atom. The third-order valence-corrected chi connectivity index (χ3v) is 7.11. The lowest BCUT2D eigenvalue weighted by atomic mass is 9.75. The summed E-state index contributed by atoms with van der Waals surface area (Å²) in [5.74, 6) is 0.515. The van der Waals surface area contributed by atoms with Crippen LogP contribution in [0.4, 0.5) is 0 Å². The highest BCUT2D eigenvalue weighted by atomic mass is 16.1. The minimum absolute atomic E-state index is 0.156. The van der Waals surface area contributed by atoms with Gasteiger partial charge in [0, 0.05) is 30.1 Å². The van der Waals surface area contributed by atoms with Gasteiger partial charge in [-0.1, -0.05) is 73.2 Å². The van der Waals surface area contributed by atoms with Gasteiger partial charge in [-0.2, -0.15) is 0 Å². The molecule has 2 unspecified atom stereocenters. The van der Waals surface area contributed by atoms with E-state index in [1.807, 2.05) is 0 Å². The van der Waals surface area contributed by atoms with Crippen molar-refractivity contribution in [3.63, 3.8) is 0 Å². The van der Waals surface area contributed by atoms with Gasteiger partial charge in [-0.3, -0.25) is 9.69 Å². The van der Waals surface area contributed by atoms with Crippen molar-refractivity contribution in [1.29, 1.82) is 0 Å². The van der Waals surface area contributed by atoms with E-state index in [4.69, 9.17) is 0 Å². The first kappa shape index (κ1) is 18.6. The number of aryl methyl sites for hydroxylation is 1. The number of ketones is 1. The average molecular weight is 384 g/mol. The van der Waals surface area contributed by atoms with Crippen LogP contribution in [0.2, 0.25) is 0 Å². The van der Waals surface area contributed by atoms with E-state index >= 15 is 0 Å². The minimum atomic E-state index is 0.156. The van der Waals surface area contributed by atoms with Gasteiger partial charge in [-0.15, -0.1) is 0 Å². The Morgan fingerprint density at radius 2 is 1.52 bits per heavy atom. The van der Waals surface area contributed by atoms with E-state index in [-0.39, 0.29) is 5.92 Å². The van der Waals surface area contributed by atoms with Crippen molar-refractivity contribution < 1.29 is 4.79 Å². The summed E-state index contributed by atoms with van der Waals surface area (Å²) in [6.45, 7) is 3.15. The SMILES string of the molecule is Cc1ccc(C(=O)C2CC3CCCC(C2)N3Cc2ccccc2)c2ccccc12. The summed E-state index contributed by atoms with van der Waals surface area (Å²) in [6, 6.07) is 24.4. The van der Waals surface area contributed by atoms with Crippen LogP contribution in [0, 0.1) is 12.8 Å². The number of carbonyl (C=O) groups is 1. The number of fused-ring (bicyclic) bond motifs is 3. The molecular formula is C27H29NO. The molecule has 0 amide bonds. The summed E-state index contributed by atoms with van der Waals surface area (Å²) in [4.78, 5) is 16.3. The molecule has 0 N–H and O–H groups in total. The predicted octanol–water partition coefficient (Wildman–Crippen LogP) is 6.16. The highest BCUT2D eigenvalue weighted by molar-refractivity contribution is 6.09. The lowest BCUT2D eigenvalue weighted by Crippen LogP contribution is -2.52. The van der Waals surface area contributed by atoms with Crippen molar-refractivity contribution >= 4 is 16.6 Å². The monoisotopic (exact) mass is 383 g/mol. The van der Waals surface area contributed by atoms with Gasteiger partial charge in [-0.25, -0.2) is 0 Å². The number of piperidine rings is 2. The molecule has 5 rings (SSSR count). The fourth-order valence-electron chi connectivity index (χ4n) is 5.63. The Kier molecular flexibility index (Phi) is 4.97. The van der Waals surface area contributed by atoms with Crippen molar-refractivity contribution in [2.75, 3.05) is 0 Å². The summed E-state index contributed by atoms with van der Waals surface area (Å²) in [7, 11) is 0. The number of Topliss-reactive ketones (excluding diaryl/α,β-unsaturated/α-hetero) is 1. The van der Waals surface area contributed by atoms with Crippen molar-refractivity contribution in [2.24, 2.45) is 5.92 Å². The maximum Gasteiger partial charge on any atom is 0.166 e. The topological polar surface area (TPSA) is 20.3 Å². The number of hydrogen-bond acceptors (Lipinski definition) is 2. The second kappa shape index (κ2) is 7.76. The lowest BCUT2D eigenvalue weighted by Gasteiger charge is -2.48. The van der Waals surface area contributed by atoms with E-state index in [1.54, 1.807) is 0 Å². The average Bonchev–Trinajstić information content (AvgIpc) is 2.74. The van der Waals surface area contributed by atoms with Crippen LogP contribution in [0.1, 0.15) is 53.6 Å². The molecule has 2 heteroatoms. The molecule has 0 aliphatic carbocycles. The number of carbonyl (C=O) groups excluding carboxylic acids is 1. The lowest BCUT2D eigenvalue weighted by molar-refractivity contribution is 0.00911. The summed E-state index contributed by atoms with van der Waals surface area (Å²) >= 11 is 0. The Hall–Kier alpha value is -2.45. The largest absolute Gasteiger partial charge is 0.294 e. The van der Waals surface area contributed by atoms with Gasteiger partial charge in [0.1, 0.15) is 0 Å². The van der Waals surface area contributed by atoms with Crippen LogP contribution in [0.25, 0.3) is 10.8 Å². The van der Waals surface area contributed by atoms with Crippen molar-refractivity contribution in [3.8, 4) is 0 Å². The Morgan fingerprint density at radius 3 is 2.24 bits per heavy atom. The highest BCUT2D eigenvalue weighted by Crippen LogP contribution is 2.40. The first-order valence-electron chi connectivity index (χ1n) is 11.0. The fraction of sp³-hybridized carbons (Fsp3) is 0.370. The summed E-state index contributed by atoms with van der Waals surface area (Å²) in [5.41, 5.74) is 3.55. The number of benzene rings is 3. The highest BCUT2D eigenvalue weighted by Gasteiger charge is 2.40. The van der Waals surface area contributed by atoms with Crippen LogP contribution in [-0.4, -0.2) is 22.8 Å². The number of nitrogens with zero attached hydrogens (tertiary/aromatic N) is 1. The predicted molar refractivity (Wildman–Crippen MR) is 119 cm³/mol. The zero-order chi connectivity index (χ0) is 19.8. The van der Waals surface area contributed by atoms with Gasteiger partial charge in [-0.05, 0) is 54.5 Å². The molecule has 29 heavy (non-hydrogen) atoms. The van der Waals surface area contributed by atoms with Crippen LogP contribution < -0.4 is 0 Å². The third kappa shape index (κ3) is 3.51. The molecule has 2 fully saturated rings. The van der Waals surface area contributed by atoms with Crippen LogP contribution >= 0.6 is 0 Å². The van der Waals surface area contributed by atoms with E-state index < -0.39 is 0 Å². The van der Waals surface area contributed by atoms with E-state index in [2.05, 4.69) is 78.6 Å². The maximum absolute atomic E-state index is 13.6. The quantitative estimate of drug-likeness (QED) is 0.503. The second-order valence-corrected chi connectivity index (χ2v) is 8.90. The van der Waals surface area contributed by atoms with Gasteiger partial charge in [0.05, 0.1) is 0 Å². The normalized spacial score (nSPS) is 24.5. The smallest absolute Gasteiger partial charge is 0.166 e. The van der Waals surface area contributed by atoms with E-state index in [0.29, 0.717) is 17.9 Å². The molecule has 2 bridgehead atoms. The molecule has 3 aromatic carbocycles. The van der Waals surface area contributed by atoms with Crippen molar-refractivity contribution in [2.45, 2.75) is 57.7 Å². The Labute approximate surface area is 173 Å². The molecule has 148 valence electrons. The van der Waals surface area contributed by atoms with Gasteiger partial charge in [0.2, 0.25) is 0 Å². The molecule has 0 radical (unpaired) electrons. The summed E-state index contributed by atoms with van der Waals surface area (Å²) < 4.78 is 0. The Bertz CT molecular complexity index is 1010. The van der Waals surface area contributed by atoms with Gasteiger partial charge < -0.3 is 0 Å². The maximum atomic E-state index is 13.6. The molecule has 2 aliphatic heterocycles. The first-order valence-corrected chi connectivity index (χ1v) is 11.0. The molecule has 0 saturated carbocycles. The molecule has 2 atom stereocenters. The van der Waals surface area contributed by atoms with Gasteiger partial charge in [0.15, 0.2) is 5.78 Å². The number of hydrogen-bond donors (Lipinski definition) is 0. The van der Waals surface area contributed by atoms with Gasteiger partial charge in [0.25, 0.3) is 0 Å². The number of rotatable bonds is 4. The molecule has 0 spiro atoms. The second-order valence-electron chi connectivity index (χ2n) is 8.90. The molecule has 2 aliphatic rings. The molecule has 2 saturated heterocycles. The first-order chi connectivity index (χ1) is 14.2. The molecular weight excluding hydrogens is 354 g/mol. The van der Waals surface area contributed by atoms with E-state index in [1.165, 1.54) is 35.8 Å².